The van der Waals surface area contributed by atoms with Gasteiger partial charge in [0.15, 0.2) is 0 Å². The van der Waals surface area contributed by atoms with Crippen molar-refractivity contribution in [2.75, 3.05) is 13.7 Å². The van der Waals surface area contributed by atoms with Gasteiger partial charge < -0.3 is 20.7 Å². The van der Waals surface area contributed by atoms with E-state index in [1.807, 2.05) is 68.4 Å². The van der Waals surface area contributed by atoms with Gasteiger partial charge >= 0.3 is 0 Å². The molecule has 4 rings (SSSR count). The number of ether oxygens (including phenoxy) is 1. The van der Waals surface area contributed by atoms with Crippen molar-refractivity contribution in [3.05, 3.63) is 89.4 Å². The van der Waals surface area contributed by atoms with E-state index < -0.39 is 0 Å². The zero-order valence-electron chi connectivity index (χ0n) is 19.9. The number of allylic oxidation sites excluding steroid dienone is 1. The van der Waals surface area contributed by atoms with Gasteiger partial charge in [-0.1, -0.05) is 11.6 Å². The number of nitrogens with two attached hydrogens (primary N) is 1. The summed E-state index contributed by atoms with van der Waals surface area (Å²) in [6.45, 7) is 6.63. The maximum Gasteiger partial charge on any atom is 0.258 e. The van der Waals surface area contributed by atoms with Crippen LogP contribution < -0.4 is 15.8 Å². The highest BCUT2D eigenvalue weighted by Gasteiger charge is 2.35. The van der Waals surface area contributed by atoms with Crippen molar-refractivity contribution in [1.29, 1.82) is 0 Å². The lowest BCUT2D eigenvalue weighted by Crippen LogP contribution is -2.41. The minimum atomic E-state index is -0.377. The Balaban J connectivity index is 1.81. The van der Waals surface area contributed by atoms with Crippen molar-refractivity contribution in [1.82, 2.24) is 24.8 Å². The highest BCUT2D eigenvalue weighted by molar-refractivity contribution is 6.19. The molecule has 1 unspecified atom stereocenters. The van der Waals surface area contributed by atoms with Crippen molar-refractivity contribution in [2.45, 2.75) is 33.2 Å². The van der Waals surface area contributed by atoms with Gasteiger partial charge in [0, 0.05) is 37.3 Å². The van der Waals surface area contributed by atoms with Gasteiger partial charge in [-0.2, -0.15) is 5.10 Å². The maximum absolute atomic E-state index is 13.8. The molecule has 1 amide bonds. The Labute approximate surface area is 199 Å². The van der Waals surface area contributed by atoms with Crippen LogP contribution in [-0.2, 0) is 4.79 Å². The molecule has 0 aliphatic carbocycles. The van der Waals surface area contributed by atoms with Gasteiger partial charge in [0.1, 0.15) is 11.3 Å². The molecular weight excluding hydrogens is 428 g/mol. The molecule has 8 nitrogen and oxygen atoms in total. The first-order valence-electron chi connectivity index (χ1n) is 11.2. The number of methoxy groups -OCH3 is 1. The number of amides is 1. The number of fused-ring (bicyclic) bond motifs is 1. The second kappa shape index (κ2) is 9.82. The lowest BCUT2D eigenvalue weighted by Gasteiger charge is -2.37. The smallest absolute Gasteiger partial charge is 0.258 e. The number of carbonyl (C=O) groups excluding carboxylic acids is 1. The molecule has 176 valence electrons. The maximum atomic E-state index is 13.8. The molecule has 4 heterocycles. The average Bonchev–Trinajstić information content (AvgIpc) is 3.28. The normalized spacial score (nSPS) is 16.5. The number of aromatic nitrogens is 3. The van der Waals surface area contributed by atoms with E-state index >= 15 is 0 Å². The SMILES string of the molecule is COc1cccn2nc(C3C(C)=C(NC=C(C)C)CCN3C(=O)/C(=C/N)c3ccccn3)cc12. The molecule has 1 aliphatic heterocycles. The first kappa shape index (κ1) is 23.1. The fourth-order valence-electron chi connectivity index (χ4n) is 4.23. The van der Waals surface area contributed by atoms with Crippen LogP contribution in [0.4, 0.5) is 0 Å². The summed E-state index contributed by atoms with van der Waals surface area (Å²) in [6.07, 6.45) is 7.54. The number of nitrogens with one attached hydrogen (secondary N) is 1. The molecule has 3 N–H and O–H groups in total. The number of pyridine rings is 2. The number of carbonyl (C=O) groups is 1. The summed E-state index contributed by atoms with van der Waals surface area (Å²) in [5.74, 6) is 0.534. The summed E-state index contributed by atoms with van der Waals surface area (Å²) in [6, 6.07) is 10.8. The zero-order valence-corrected chi connectivity index (χ0v) is 19.9. The molecule has 0 aromatic carbocycles. The van der Waals surface area contributed by atoms with Crippen LogP contribution in [0.2, 0.25) is 0 Å². The molecular formula is C26H30N6O2. The zero-order chi connectivity index (χ0) is 24.2. The van der Waals surface area contributed by atoms with Crippen LogP contribution in [0.3, 0.4) is 0 Å². The monoisotopic (exact) mass is 458 g/mol. The van der Waals surface area contributed by atoms with E-state index in [4.69, 9.17) is 15.6 Å². The molecule has 0 bridgehead atoms. The third-order valence-corrected chi connectivity index (χ3v) is 5.92. The quantitative estimate of drug-likeness (QED) is 0.546. The highest BCUT2D eigenvalue weighted by atomic mass is 16.5. The van der Waals surface area contributed by atoms with Gasteiger partial charge in [-0.3, -0.25) is 9.78 Å². The Kier molecular flexibility index (Phi) is 6.67. The summed E-state index contributed by atoms with van der Waals surface area (Å²) in [7, 11) is 1.64. The lowest BCUT2D eigenvalue weighted by atomic mass is 9.94. The minimum Gasteiger partial charge on any atom is -0.494 e. The summed E-state index contributed by atoms with van der Waals surface area (Å²) >= 11 is 0. The Bertz CT molecular complexity index is 1290. The van der Waals surface area contributed by atoms with Crippen LogP contribution in [0.25, 0.3) is 11.1 Å². The molecule has 0 saturated carbocycles. The van der Waals surface area contributed by atoms with Crippen LogP contribution >= 0.6 is 0 Å². The second-order valence-electron chi connectivity index (χ2n) is 8.45. The Morgan fingerprint density at radius 1 is 1.26 bits per heavy atom. The fraction of sp³-hybridized carbons (Fsp3) is 0.269. The van der Waals surface area contributed by atoms with Gasteiger partial charge in [-0.25, -0.2) is 4.52 Å². The van der Waals surface area contributed by atoms with E-state index in [-0.39, 0.29) is 11.9 Å². The first-order chi connectivity index (χ1) is 16.4. The first-order valence-corrected chi connectivity index (χ1v) is 11.2. The predicted octanol–water partition coefficient (Wildman–Crippen LogP) is 3.80. The molecule has 0 spiro atoms. The molecule has 3 aromatic rings. The Hall–Kier alpha value is -4.07. The fourth-order valence-corrected chi connectivity index (χ4v) is 4.23. The van der Waals surface area contributed by atoms with Crippen molar-refractivity contribution >= 4 is 17.0 Å². The standard InChI is InChI=1S/C26H30N6O2/c1-17(2)16-29-20-10-13-31(26(33)19(15-27)21-8-5-6-11-28-21)25(18(20)3)22-14-23-24(34-4)9-7-12-32(23)30-22/h5-9,11-12,14-16,25,29H,10,13,27H2,1-4H3/b19-15+. The second-order valence-corrected chi connectivity index (χ2v) is 8.45. The minimum absolute atomic E-state index is 0.184. The van der Waals surface area contributed by atoms with E-state index in [9.17, 15) is 4.79 Å². The number of nitrogens with zero attached hydrogens (tertiary/aromatic N) is 4. The van der Waals surface area contributed by atoms with Gasteiger partial charge in [0.25, 0.3) is 5.91 Å². The Morgan fingerprint density at radius 3 is 2.76 bits per heavy atom. The van der Waals surface area contributed by atoms with Crippen LogP contribution in [0.5, 0.6) is 5.75 Å². The van der Waals surface area contributed by atoms with Crippen molar-refractivity contribution in [3.8, 4) is 5.75 Å². The molecule has 1 atom stereocenters. The number of rotatable bonds is 6. The third kappa shape index (κ3) is 4.39. The predicted molar refractivity (Wildman–Crippen MR) is 132 cm³/mol. The summed E-state index contributed by atoms with van der Waals surface area (Å²) in [5, 5.41) is 8.24. The summed E-state index contributed by atoms with van der Waals surface area (Å²) < 4.78 is 7.30. The van der Waals surface area contributed by atoms with Gasteiger partial charge in [0.2, 0.25) is 0 Å². The van der Waals surface area contributed by atoms with E-state index in [0.717, 1.165) is 33.8 Å². The molecule has 1 aliphatic rings. The number of hydrogen-bond donors (Lipinski definition) is 2. The Morgan fingerprint density at radius 2 is 2.09 bits per heavy atom. The lowest BCUT2D eigenvalue weighted by molar-refractivity contribution is -0.127. The molecule has 34 heavy (non-hydrogen) atoms. The van der Waals surface area contributed by atoms with Crippen molar-refractivity contribution in [3.63, 3.8) is 0 Å². The number of hydrogen-bond acceptors (Lipinski definition) is 6. The summed E-state index contributed by atoms with van der Waals surface area (Å²) in [5.41, 5.74) is 11.7. The third-order valence-electron chi connectivity index (χ3n) is 5.92. The summed E-state index contributed by atoms with van der Waals surface area (Å²) in [4.78, 5) is 20.0. The van der Waals surface area contributed by atoms with E-state index in [0.29, 0.717) is 24.2 Å². The van der Waals surface area contributed by atoms with Crippen molar-refractivity contribution in [2.24, 2.45) is 5.73 Å². The molecule has 0 saturated heterocycles. The van der Waals surface area contributed by atoms with Crippen LogP contribution in [0, 0.1) is 0 Å². The van der Waals surface area contributed by atoms with Gasteiger partial charge in [0.05, 0.1) is 30.1 Å². The average molecular weight is 459 g/mol. The van der Waals surface area contributed by atoms with Crippen LogP contribution in [0.1, 0.15) is 44.6 Å². The molecule has 8 heteroatoms. The van der Waals surface area contributed by atoms with Crippen LogP contribution in [-0.4, -0.2) is 39.1 Å². The molecule has 3 aromatic heterocycles. The highest BCUT2D eigenvalue weighted by Crippen LogP contribution is 2.37. The van der Waals surface area contributed by atoms with Gasteiger partial charge in [-0.15, -0.1) is 0 Å². The molecule has 0 fully saturated rings. The van der Waals surface area contributed by atoms with E-state index in [1.165, 1.54) is 6.20 Å². The van der Waals surface area contributed by atoms with Crippen molar-refractivity contribution < 1.29 is 9.53 Å². The van der Waals surface area contributed by atoms with E-state index in [2.05, 4.69) is 10.3 Å². The van der Waals surface area contributed by atoms with Crippen LogP contribution in [0.15, 0.2) is 78.0 Å². The van der Waals surface area contributed by atoms with E-state index in [1.54, 1.807) is 23.9 Å². The van der Waals surface area contributed by atoms with Gasteiger partial charge in [-0.05, 0) is 62.9 Å². The topological polar surface area (TPSA) is 97.8 Å². The largest absolute Gasteiger partial charge is 0.494 e. The molecule has 0 radical (unpaired) electrons.